The van der Waals surface area contributed by atoms with Gasteiger partial charge in [-0.25, -0.2) is 5.43 Å². The van der Waals surface area contributed by atoms with E-state index < -0.39 is 0 Å². The second-order valence-electron chi connectivity index (χ2n) is 4.61. The van der Waals surface area contributed by atoms with Crippen LogP contribution < -0.4 is 5.43 Å². The highest BCUT2D eigenvalue weighted by Gasteiger charge is 2.12. The number of carbonyl (C=O) groups excluding carboxylic acids is 1. The first kappa shape index (κ1) is 14.2. The maximum atomic E-state index is 11.9. The van der Waals surface area contributed by atoms with Crippen LogP contribution in [0.2, 0.25) is 0 Å². The van der Waals surface area contributed by atoms with Crippen molar-refractivity contribution in [1.29, 1.82) is 0 Å². The van der Waals surface area contributed by atoms with Gasteiger partial charge in [-0.1, -0.05) is 34.8 Å². The molecule has 0 spiro atoms. The zero-order valence-corrected chi connectivity index (χ0v) is 12.5. The minimum absolute atomic E-state index is 0.131. The third kappa shape index (κ3) is 2.66. The number of hydrazone groups is 1. The fraction of sp³-hybridized carbons (Fsp3) is 0.0667. The van der Waals surface area contributed by atoms with Crippen molar-refractivity contribution in [3.05, 3.63) is 52.5 Å². The van der Waals surface area contributed by atoms with Crippen LogP contribution in [0.4, 0.5) is 0 Å². The number of amides is 1. The summed E-state index contributed by atoms with van der Waals surface area (Å²) in [5, 5.41) is 19.5. The Balaban J connectivity index is 1.80. The Bertz CT molecular complexity index is 873. The third-order valence-electron chi connectivity index (χ3n) is 3.16. The van der Waals surface area contributed by atoms with Gasteiger partial charge in [0.05, 0.1) is 11.9 Å². The minimum atomic E-state index is -0.371. The Hall–Kier alpha value is -2.80. The number of aromatic nitrogens is 2. The van der Waals surface area contributed by atoms with Crippen LogP contribution in [0.15, 0.2) is 41.5 Å². The number of nitrogens with one attached hydrogen (secondary N) is 1. The van der Waals surface area contributed by atoms with Crippen LogP contribution in [0, 0.1) is 6.92 Å². The number of fused-ring (bicyclic) bond motifs is 1. The van der Waals surface area contributed by atoms with Gasteiger partial charge in [0.15, 0.2) is 0 Å². The second-order valence-corrected chi connectivity index (χ2v) is 5.37. The normalized spacial score (nSPS) is 11.1. The van der Waals surface area contributed by atoms with Crippen LogP contribution in [0.5, 0.6) is 5.75 Å². The molecule has 22 heavy (non-hydrogen) atoms. The predicted octanol–water partition coefficient (Wildman–Crippen LogP) is 2.47. The maximum Gasteiger partial charge on any atom is 0.285 e. The molecule has 0 aliphatic heterocycles. The molecule has 2 N–H and O–H groups in total. The van der Waals surface area contributed by atoms with E-state index in [0.29, 0.717) is 16.1 Å². The Morgan fingerprint density at radius 2 is 2.14 bits per heavy atom. The van der Waals surface area contributed by atoms with E-state index in [1.165, 1.54) is 6.21 Å². The van der Waals surface area contributed by atoms with Gasteiger partial charge in [-0.15, -0.1) is 5.10 Å². The molecule has 1 amide bonds. The molecule has 0 aliphatic rings. The molecule has 0 bridgehead atoms. The molecule has 0 saturated heterocycles. The smallest absolute Gasteiger partial charge is 0.285 e. The van der Waals surface area contributed by atoms with Crippen LogP contribution in [0.1, 0.15) is 20.9 Å². The number of nitrogens with zero attached hydrogens (tertiary/aromatic N) is 3. The lowest BCUT2D eigenvalue weighted by Gasteiger charge is -2.04. The van der Waals surface area contributed by atoms with E-state index in [4.69, 9.17) is 0 Å². The minimum Gasteiger partial charge on any atom is -0.507 e. The molecule has 1 aromatic heterocycles. The lowest BCUT2D eigenvalue weighted by molar-refractivity contribution is 0.0958. The molecule has 0 unspecified atom stereocenters. The molecule has 0 saturated carbocycles. The van der Waals surface area contributed by atoms with Gasteiger partial charge in [0.1, 0.15) is 10.6 Å². The topological polar surface area (TPSA) is 87.5 Å². The highest BCUT2D eigenvalue weighted by Crippen LogP contribution is 2.27. The van der Waals surface area contributed by atoms with E-state index in [0.717, 1.165) is 22.3 Å². The van der Waals surface area contributed by atoms with Crippen molar-refractivity contribution in [2.45, 2.75) is 6.92 Å². The van der Waals surface area contributed by atoms with Gasteiger partial charge in [-0.3, -0.25) is 4.79 Å². The summed E-state index contributed by atoms with van der Waals surface area (Å²) in [6, 6.07) is 11.1. The molecule has 0 fully saturated rings. The molecule has 0 atom stereocenters. The lowest BCUT2D eigenvalue weighted by Crippen LogP contribution is -2.17. The van der Waals surface area contributed by atoms with Gasteiger partial charge in [-0.2, -0.15) is 5.10 Å². The molecule has 0 radical (unpaired) electrons. The van der Waals surface area contributed by atoms with Gasteiger partial charge in [-0.05, 0) is 29.9 Å². The van der Waals surface area contributed by atoms with Gasteiger partial charge in [0.2, 0.25) is 0 Å². The fourth-order valence-electron chi connectivity index (χ4n) is 2.03. The SMILES string of the molecule is Cc1nnsc1C(=O)N/N=C/c1ccc2ccccc2c1O. The zero-order chi connectivity index (χ0) is 15.5. The summed E-state index contributed by atoms with van der Waals surface area (Å²) in [7, 11) is 0. The average molecular weight is 312 g/mol. The van der Waals surface area contributed by atoms with E-state index >= 15 is 0 Å². The third-order valence-corrected chi connectivity index (χ3v) is 3.99. The van der Waals surface area contributed by atoms with Crippen molar-refractivity contribution < 1.29 is 9.90 Å². The summed E-state index contributed by atoms with van der Waals surface area (Å²) >= 11 is 1.01. The highest BCUT2D eigenvalue weighted by atomic mass is 32.1. The molecule has 2 aromatic carbocycles. The molecule has 7 heteroatoms. The van der Waals surface area contributed by atoms with Crippen molar-refractivity contribution in [3.8, 4) is 5.75 Å². The van der Waals surface area contributed by atoms with Crippen LogP contribution in [-0.4, -0.2) is 26.8 Å². The van der Waals surface area contributed by atoms with Gasteiger partial charge in [0.25, 0.3) is 5.91 Å². The number of rotatable bonds is 3. The fourth-order valence-corrected chi connectivity index (χ4v) is 2.57. The molecule has 1 heterocycles. The van der Waals surface area contributed by atoms with Crippen molar-refractivity contribution in [1.82, 2.24) is 15.0 Å². The molecule has 3 rings (SSSR count). The number of aromatic hydroxyl groups is 1. The second kappa shape index (κ2) is 5.90. The molecular weight excluding hydrogens is 300 g/mol. The largest absolute Gasteiger partial charge is 0.507 e. The van der Waals surface area contributed by atoms with Gasteiger partial charge >= 0.3 is 0 Å². The summed E-state index contributed by atoms with van der Waals surface area (Å²) in [5.41, 5.74) is 3.49. The van der Waals surface area contributed by atoms with E-state index in [2.05, 4.69) is 20.1 Å². The van der Waals surface area contributed by atoms with E-state index in [1.807, 2.05) is 30.3 Å². The van der Waals surface area contributed by atoms with Crippen molar-refractivity contribution in [3.63, 3.8) is 0 Å². The summed E-state index contributed by atoms with van der Waals surface area (Å²) in [4.78, 5) is 12.3. The Morgan fingerprint density at radius 3 is 2.91 bits per heavy atom. The quantitative estimate of drug-likeness (QED) is 0.574. The predicted molar refractivity (Wildman–Crippen MR) is 85.3 cm³/mol. The number of hydrogen-bond donors (Lipinski definition) is 2. The van der Waals surface area contributed by atoms with E-state index in [9.17, 15) is 9.90 Å². The van der Waals surface area contributed by atoms with Crippen molar-refractivity contribution in [2.75, 3.05) is 0 Å². The van der Waals surface area contributed by atoms with Gasteiger partial charge < -0.3 is 5.11 Å². The molecule has 6 nitrogen and oxygen atoms in total. The monoisotopic (exact) mass is 312 g/mol. The van der Waals surface area contributed by atoms with Crippen LogP contribution in [-0.2, 0) is 0 Å². The number of aryl methyl sites for hydroxylation is 1. The summed E-state index contributed by atoms with van der Waals surface area (Å²) in [6.45, 7) is 1.71. The molecule has 110 valence electrons. The zero-order valence-electron chi connectivity index (χ0n) is 11.6. The number of phenols is 1. The Labute approximate surface area is 130 Å². The molecule has 0 aliphatic carbocycles. The Kier molecular flexibility index (Phi) is 3.80. The first-order valence-corrected chi connectivity index (χ1v) is 7.27. The highest BCUT2D eigenvalue weighted by molar-refractivity contribution is 7.07. The first-order valence-electron chi connectivity index (χ1n) is 6.50. The Morgan fingerprint density at radius 1 is 1.32 bits per heavy atom. The number of benzene rings is 2. The van der Waals surface area contributed by atoms with E-state index in [-0.39, 0.29) is 11.7 Å². The number of carbonyl (C=O) groups is 1. The summed E-state index contributed by atoms with van der Waals surface area (Å²) in [5.74, 6) is -0.240. The summed E-state index contributed by atoms with van der Waals surface area (Å²) < 4.78 is 3.70. The number of phenolic OH excluding ortho intramolecular Hbond substituents is 1. The average Bonchev–Trinajstić information content (AvgIpc) is 2.96. The molecular formula is C15H12N4O2S. The first-order chi connectivity index (χ1) is 10.7. The lowest BCUT2D eigenvalue weighted by atomic mass is 10.1. The van der Waals surface area contributed by atoms with E-state index in [1.54, 1.807) is 13.0 Å². The molecule has 3 aromatic rings. The number of hydrogen-bond acceptors (Lipinski definition) is 6. The maximum absolute atomic E-state index is 11.9. The van der Waals surface area contributed by atoms with Crippen molar-refractivity contribution >= 4 is 34.4 Å². The van der Waals surface area contributed by atoms with Gasteiger partial charge in [0, 0.05) is 10.9 Å². The van der Waals surface area contributed by atoms with Crippen LogP contribution in [0.25, 0.3) is 10.8 Å². The van der Waals surface area contributed by atoms with Crippen molar-refractivity contribution in [2.24, 2.45) is 5.10 Å². The standard InChI is InChI=1S/C15H12N4O2S/c1-9-14(22-19-17-9)15(21)18-16-8-11-7-6-10-4-2-3-5-12(10)13(11)20/h2-8,20H,1H3,(H,18,21)/b16-8+. The van der Waals surface area contributed by atoms with Crippen LogP contribution in [0.3, 0.4) is 0 Å². The summed E-state index contributed by atoms with van der Waals surface area (Å²) in [6.07, 6.45) is 1.41. The van der Waals surface area contributed by atoms with Crippen LogP contribution >= 0.6 is 11.5 Å².